The molecule has 108 valence electrons. The number of hydrogen-bond acceptors (Lipinski definition) is 2. The molecule has 1 heterocycles. The topological polar surface area (TPSA) is 50.2 Å². The molecule has 0 amide bonds. The van der Waals surface area contributed by atoms with Crippen LogP contribution in [0.2, 0.25) is 0 Å². The summed E-state index contributed by atoms with van der Waals surface area (Å²) in [5.41, 5.74) is -0.168. The number of pyridine rings is 1. The normalized spacial score (nSPS) is 11.8. The summed E-state index contributed by atoms with van der Waals surface area (Å²) in [7, 11) is 0. The van der Waals surface area contributed by atoms with E-state index in [-0.39, 0.29) is 5.56 Å². The summed E-state index contributed by atoms with van der Waals surface area (Å²) in [4.78, 5) is 14.3. The molecule has 1 aromatic carbocycles. The molecule has 6 heteroatoms. The maximum atomic E-state index is 13.1. The van der Waals surface area contributed by atoms with Gasteiger partial charge in [-0.3, -0.25) is 4.98 Å². The van der Waals surface area contributed by atoms with E-state index in [4.69, 9.17) is 5.11 Å². The van der Waals surface area contributed by atoms with Crippen LogP contribution in [0.4, 0.5) is 13.2 Å². The van der Waals surface area contributed by atoms with Crippen LogP contribution in [0.3, 0.4) is 0 Å². The summed E-state index contributed by atoms with van der Waals surface area (Å²) in [5, 5.41) is 8.52. The molecule has 0 saturated carbocycles. The fourth-order valence-corrected chi connectivity index (χ4v) is 1.82. The van der Waals surface area contributed by atoms with Crippen LogP contribution in [0.1, 0.15) is 11.1 Å². The van der Waals surface area contributed by atoms with Crippen molar-refractivity contribution in [1.82, 2.24) is 4.98 Å². The molecule has 0 atom stereocenters. The van der Waals surface area contributed by atoms with Crippen LogP contribution in [-0.2, 0) is 11.0 Å². The fraction of sp³-hybridized carbons (Fsp3) is 0.0667. The van der Waals surface area contributed by atoms with E-state index < -0.39 is 17.7 Å². The van der Waals surface area contributed by atoms with Gasteiger partial charge >= 0.3 is 12.1 Å². The summed E-state index contributed by atoms with van der Waals surface area (Å²) in [6.07, 6.45) is 0.0171. The van der Waals surface area contributed by atoms with Gasteiger partial charge < -0.3 is 5.11 Å². The van der Waals surface area contributed by atoms with Crippen LogP contribution in [0.15, 0.2) is 48.8 Å². The zero-order valence-corrected chi connectivity index (χ0v) is 10.6. The molecular formula is C15H10F3NO2. The molecule has 1 aromatic heterocycles. The zero-order chi connectivity index (χ0) is 15.5. The van der Waals surface area contributed by atoms with Gasteiger partial charge in [0.05, 0.1) is 5.56 Å². The minimum absolute atomic E-state index is 0.197. The lowest BCUT2D eigenvalue weighted by molar-refractivity contribution is -0.137. The lowest BCUT2D eigenvalue weighted by Gasteiger charge is -2.12. The van der Waals surface area contributed by atoms with Crippen molar-refractivity contribution in [3.05, 3.63) is 59.9 Å². The zero-order valence-electron chi connectivity index (χ0n) is 10.6. The van der Waals surface area contributed by atoms with E-state index in [0.717, 1.165) is 12.1 Å². The van der Waals surface area contributed by atoms with Gasteiger partial charge in [0, 0.05) is 24.0 Å². The SMILES string of the molecule is O=C(O)/C=C/c1ccc(-c2cccnc2)cc1C(F)(F)F. The van der Waals surface area contributed by atoms with Crippen LogP contribution in [0, 0.1) is 0 Å². The van der Waals surface area contributed by atoms with Gasteiger partial charge in [-0.25, -0.2) is 4.79 Å². The Morgan fingerprint density at radius 1 is 1.19 bits per heavy atom. The molecule has 0 fully saturated rings. The molecule has 21 heavy (non-hydrogen) atoms. The smallest absolute Gasteiger partial charge is 0.417 e. The highest BCUT2D eigenvalue weighted by atomic mass is 19.4. The lowest BCUT2D eigenvalue weighted by atomic mass is 9.99. The van der Waals surface area contributed by atoms with E-state index in [0.29, 0.717) is 17.2 Å². The molecule has 2 rings (SSSR count). The van der Waals surface area contributed by atoms with E-state index in [9.17, 15) is 18.0 Å². The van der Waals surface area contributed by atoms with Gasteiger partial charge in [-0.05, 0) is 29.3 Å². The van der Waals surface area contributed by atoms with Gasteiger partial charge in [0.2, 0.25) is 0 Å². The molecule has 0 aliphatic rings. The van der Waals surface area contributed by atoms with Crippen molar-refractivity contribution < 1.29 is 23.1 Å². The average Bonchev–Trinajstić information content (AvgIpc) is 2.45. The van der Waals surface area contributed by atoms with Crippen molar-refractivity contribution in [2.45, 2.75) is 6.18 Å². The number of aromatic nitrogens is 1. The van der Waals surface area contributed by atoms with E-state index >= 15 is 0 Å². The number of halogens is 3. The highest BCUT2D eigenvalue weighted by Crippen LogP contribution is 2.35. The number of carboxylic acids is 1. The van der Waals surface area contributed by atoms with E-state index in [1.165, 1.54) is 24.5 Å². The van der Waals surface area contributed by atoms with Crippen molar-refractivity contribution in [2.24, 2.45) is 0 Å². The van der Waals surface area contributed by atoms with E-state index in [2.05, 4.69) is 4.98 Å². The highest BCUT2D eigenvalue weighted by molar-refractivity contribution is 5.86. The molecule has 0 bridgehead atoms. The Kier molecular flexibility index (Phi) is 4.07. The number of alkyl halides is 3. The molecule has 2 aromatic rings. The molecule has 0 spiro atoms. The van der Waals surface area contributed by atoms with Gasteiger partial charge in [-0.2, -0.15) is 13.2 Å². The largest absolute Gasteiger partial charge is 0.478 e. The maximum absolute atomic E-state index is 13.1. The van der Waals surface area contributed by atoms with E-state index in [1.807, 2.05) is 0 Å². The monoisotopic (exact) mass is 293 g/mol. The van der Waals surface area contributed by atoms with Gasteiger partial charge in [0.15, 0.2) is 0 Å². The summed E-state index contributed by atoms with van der Waals surface area (Å²) in [5.74, 6) is -1.31. The second-order valence-electron chi connectivity index (χ2n) is 4.21. The number of benzene rings is 1. The molecule has 0 radical (unpaired) electrons. The van der Waals surface area contributed by atoms with Crippen LogP contribution in [-0.4, -0.2) is 16.1 Å². The molecule has 0 unspecified atom stereocenters. The minimum atomic E-state index is -4.57. The number of carboxylic acid groups (broad SMARTS) is 1. The first-order valence-corrected chi connectivity index (χ1v) is 5.90. The Labute approximate surface area is 118 Å². The quantitative estimate of drug-likeness (QED) is 0.874. The fourth-order valence-electron chi connectivity index (χ4n) is 1.82. The summed E-state index contributed by atoms with van der Waals surface area (Å²) in [6, 6.07) is 6.99. The van der Waals surface area contributed by atoms with Crippen molar-refractivity contribution in [2.75, 3.05) is 0 Å². The van der Waals surface area contributed by atoms with E-state index in [1.54, 1.807) is 12.1 Å². The molecular weight excluding hydrogens is 283 g/mol. The first-order valence-electron chi connectivity index (χ1n) is 5.90. The second kappa shape index (κ2) is 5.78. The summed E-state index contributed by atoms with van der Waals surface area (Å²) in [6.45, 7) is 0. The van der Waals surface area contributed by atoms with Crippen molar-refractivity contribution >= 4 is 12.0 Å². The van der Waals surface area contributed by atoms with Crippen molar-refractivity contribution in [3.63, 3.8) is 0 Å². The number of carbonyl (C=O) groups is 1. The number of hydrogen-bond donors (Lipinski definition) is 1. The molecule has 3 nitrogen and oxygen atoms in total. The number of rotatable bonds is 3. The Balaban J connectivity index is 2.53. The predicted molar refractivity (Wildman–Crippen MR) is 71.3 cm³/mol. The summed E-state index contributed by atoms with van der Waals surface area (Å²) < 4.78 is 39.2. The van der Waals surface area contributed by atoms with Crippen LogP contribution in [0.25, 0.3) is 17.2 Å². The predicted octanol–water partition coefficient (Wildman–Crippen LogP) is 3.87. The van der Waals surface area contributed by atoms with Crippen molar-refractivity contribution in [1.29, 1.82) is 0 Å². The Morgan fingerprint density at radius 2 is 1.95 bits per heavy atom. The highest BCUT2D eigenvalue weighted by Gasteiger charge is 2.33. The average molecular weight is 293 g/mol. The molecule has 1 N–H and O–H groups in total. The van der Waals surface area contributed by atoms with Crippen molar-refractivity contribution in [3.8, 4) is 11.1 Å². The van der Waals surface area contributed by atoms with Gasteiger partial charge in [-0.1, -0.05) is 18.2 Å². The number of nitrogens with zero attached hydrogens (tertiary/aromatic N) is 1. The first kappa shape index (κ1) is 14.8. The molecule has 0 aliphatic carbocycles. The third-order valence-corrected chi connectivity index (χ3v) is 2.76. The standard InChI is InChI=1S/C15H10F3NO2/c16-15(17,18)13-8-11(12-2-1-7-19-9-12)4-3-10(13)5-6-14(20)21/h1-9H,(H,20,21)/b6-5+. The first-order chi connectivity index (χ1) is 9.88. The Bertz CT molecular complexity index is 679. The minimum Gasteiger partial charge on any atom is -0.478 e. The molecule has 0 aliphatic heterocycles. The third kappa shape index (κ3) is 3.68. The Morgan fingerprint density at radius 3 is 2.52 bits per heavy atom. The second-order valence-corrected chi connectivity index (χ2v) is 4.21. The maximum Gasteiger partial charge on any atom is 0.417 e. The number of aliphatic carboxylic acids is 1. The van der Waals surface area contributed by atoms with Gasteiger partial charge in [0.25, 0.3) is 0 Å². The third-order valence-electron chi connectivity index (χ3n) is 2.76. The van der Waals surface area contributed by atoms with Gasteiger partial charge in [0.1, 0.15) is 0 Å². The van der Waals surface area contributed by atoms with Crippen LogP contribution >= 0.6 is 0 Å². The lowest BCUT2D eigenvalue weighted by Crippen LogP contribution is -2.07. The summed E-state index contributed by atoms with van der Waals surface area (Å²) >= 11 is 0. The Hall–Kier alpha value is -2.63. The molecule has 0 saturated heterocycles. The van der Waals surface area contributed by atoms with Gasteiger partial charge in [-0.15, -0.1) is 0 Å². The van der Waals surface area contributed by atoms with Crippen LogP contribution in [0.5, 0.6) is 0 Å². The van der Waals surface area contributed by atoms with Crippen LogP contribution < -0.4 is 0 Å².